The average Bonchev–Trinajstić information content (AvgIpc) is 2.14. The Morgan fingerprint density at radius 1 is 1.29 bits per heavy atom. The molecule has 0 heterocycles. The van der Waals surface area contributed by atoms with Crippen molar-refractivity contribution in [2.24, 2.45) is 5.73 Å². The lowest BCUT2D eigenvalue weighted by Crippen LogP contribution is -2.36. The molecule has 0 saturated carbocycles. The third-order valence-corrected chi connectivity index (χ3v) is 1.42. The Hall–Kier alpha value is -0.880. The van der Waals surface area contributed by atoms with Gasteiger partial charge in [0.15, 0.2) is 6.17 Å². The molecular weight excluding hydrogens is 217 g/mol. The molecule has 0 spiro atoms. The van der Waals surface area contributed by atoms with Crippen molar-refractivity contribution in [3.05, 3.63) is 0 Å². The van der Waals surface area contributed by atoms with Gasteiger partial charge in [0.1, 0.15) is 6.04 Å². The molecule has 14 heavy (non-hydrogen) atoms. The van der Waals surface area contributed by atoms with Gasteiger partial charge >= 0.3 is 11.9 Å². The van der Waals surface area contributed by atoms with Gasteiger partial charge in [-0.15, -0.1) is 12.4 Å². The minimum Gasteiger partial charge on any atom is -0.468 e. The van der Waals surface area contributed by atoms with Crippen LogP contribution in [0, 0.1) is 0 Å². The fourth-order valence-electron chi connectivity index (χ4n) is 0.695. The molecule has 2 atom stereocenters. The summed E-state index contributed by atoms with van der Waals surface area (Å²) < 4.78 is 21.1. The van der Waals surface area contributed by atoms with E-state index in [1.807, 2.05) is 0 Å². The normalized spacial score (nSPS) is 13.4. The van der Waals surface area contributed by atoms with Crippen LogP contribution in [0.4, 0.5) is 4.39 Å². The van der Waals surface area contributed by atoms with Crippen LogP contribution in [-0.4, -0.2) is 38.4 Å². The molecule has 7 heteroatoms. The lowest BCUT2D eigenvalue weighted by molar-refractivity contribution is -0.148. The van der Waals surface area contributed by atoms with Crippen LogP contribution in [0.25, 0.3) is 0 Å². The highest BCUT2D eigenvalue weighted by Gasteiger charge is 2.25. The molecule has 0 aliphatic rings. The van der Waals surface area contributed by atoms with Crippen LogP contribution in [-0.2, 0) is 19.1 Å². The molecule has 0 unspecified atom stereocenters. The van der Waals surface area contributed by atoms with Crippen molar-refractivity contribution in [2.45, 2.75) is 18.6 Å². The minimum atomic E-state index is -1.89. The van der Waals surface area contributed by atoms with Gasteiger partial charge in [-0.05, 0) is 0 Å². The number of methoxy groups -OCH3 is 2. The summed E-state index contributed by atoms with van der Waals surface area (Å²) in [5, 5.41) is 0. The smallest absolute Gasteiger partial charge is 0.340 e. The van der Waals surface area contributed by atoms with Crippen LogP contribution in [0.15, 0.2) is 0 Å². The van der Waals surface area contributed by atoms with Gasteiger partial charge < -0.3 is 15.2 Å². The maximum Gasteiger partial charge on any atom is 0.340 e. The Labute approximate surface area is 87.1 Å². The van der Waals surface area contributed by atoms with Crippen molar-refractivity contribution < 1.29 is 23.5 Å². The zero-order valence-corrected chi connectivity index (χ0v) is 8.67. The lowest BCUT2D eigenvalue weighted by Gasteiger charge is -2.10. The van der Waals surface area contributed by atoms with Crippen LogP contribution in [0.5, 0.6) is 0 Å². The van der Waals surface area contributed by atoms with Crippen molar-refractivity contribution in [3.63, 3.8) is 0 Å². The summed E-state index contributed by atoms with van der Waals surface area (Å²) in [7, 11) is 2.19. The number of carbonyl (C=O) groups is 2. The topological polar surface area (TPSA) is 78.6 Å². The maximum atomic E-state index is 12.8. The molecule has 0 fully saturated rings. The van der Waals surface area contributed by atoms with E-state index in [0.717, 1.165) is 14.2 Å². The standard InChI is InChI=1S/C7H12FNO4.ClH/c1-12-6(10)4(8)3-5(9)7(11)13-2;/h4-5H,3,9H2,1-2H3;1H/t4-,5+;/m1./s1. The van der Waals surface area contributed by atoms with E-state index < -0.39 is 30.6 Å². The molecule has 0 amide bonds. The zero-order chi connectivity index (χ0) is 10.4. The van der Waals surface area contributed by atoms with Gasteiger partial charge in [-0.25, -0.2) is 9.18 Å². The third kappa shape index (κ3) is 4.98. The summed E-state index contributed by atoms with van der Waals surface area (Å²) >= 11 is 0. The van der Waals surface area contributed by atoms with Crippen molar-refractivity contribution in [3.8, 4) is 0 Å². The van der Waals surface area contributed by atoms with Crippen LogP contribution in [0.2, 0.25) is 0 Å². The number of nitrogens with two attached hydrogens (primary N) is 1. The molecule has 0 rings (SSSR count). The van der Waals surface area contributed by atoms with Crippen molar-refractivity contribution in [1.29, 1.82) is 0 Å². The number of carbonyl (C=O) groups excluding carboxylic acids is 2. The highest BCUT2D eigenvalue weighted by Crippen LogP contribution is 2.04. The van der Waals surface area contributed by atoms with E-state index in [9.17, 15) is 14.0 Å². The molecule has 0 bridgehead atoms. The fourth-order valence-corrected chi connectivity index (χ4v) is 0.695. The monoisotopic (exact) mass is 229 g/mol. The predicted octanol–water partition coefficient (Wildman–Crippen LogP) is -0.190. The number of hydrogen-bond acceptors (Lipinski definition) is 5. The van der Waals surface area contributed by atoms with Crippen LogP contribution in [0.3, 0.4) is 0 Å². The molecular formula is C7H13ClFNO4. The first-order valence-electron chi connectivity index (χ1n) is 3.58. The summed E-state index contributed by atoms with van der Waals surface area (Å²) in [5.41, 5.74) is 5.20. The summed E-state index contributed by atoms with van der Waals surface area (Å²) in [4.78, 5) is 21.2. The van der Waals surface area contributed by atoms with Crippen LogP contribution >= 0.6 is 12.4 Å². The zero-order valence-electron chi connectivity index (χ0n) is 7.86. The SMILES string of the molecule is COC(=O)[C@H](F)C[C@H](N)C(=O)OC.Cl. The van der Waals surface area contributed by atoms with Crippen LogP contribution < -0.4 is 5.73 Å². The quantitative estimate of drug-likeness (QED) is 0.676. The van der Waals surface area contributed by atoms with Gasteiger partial charge in [-0.1, -0.05) is 0 Å². The second kappa shape index (κ2) is 7.52. The van der Waals surface area contributed by atoms with Gasteiger partial charge in [0.05, 0.1) is 14.2 Å². The van der Waals surface area contributed by atoms with Crippen molar-refractivity contribution >= 4 is 24.3 Å². The number of alkyl halides is 1. The highest BCUT2D eigenvalue weighted by molar-refractivity contribution is 5.85. The number of ether oxygens (including phenoxy) is 2. The molecule has 0 aliphatic carbocycles. The Balaban J connectivity index is 0. The predicted molar refractivity (Wildman–Crippen MR) is 48.8 cm³/mol. The molecule has 0 aromatic heterocycles. The summed E-state index contributed by atoms with van der Waals surface area (Å²) in [6.07, 6.45) is -2.32. The van der Waals surface area contributed by atoms with E-state index in [1.165, 1.54) is 0 Å². The van der Waals surface area contributed by atoms with E-state index in [-0.39, 0.29) is 12.4 Å². The average molecular weight is 230 g/mol. The highest BCUT2D eigenvalue weighted by atomic mass is 35.5. The molecule has 0 saturated heterocycles. The van der Waals surface area contributed by atoms with E-state index in [1.54, 1.807) is 0 Å². The maximum absolute atomic E-state index is 12.8. The fraction of sp³-hybridized carbons (Fsp3) is 0.714. The number of halogens is 2. The van der Waals surface area contributed by atoms with Crippen molar-refractivity contribution in [2.75, 3.05) is 14.2 Å². The van der Waals surface area contributed by atoms with Gasteiger partial charge in [0.2, 0.25) is 0 Å². The molecule has 84 valence electrons. The Morgan fingerprint density at radius 3 is 2.07 bits per heavy atom. The van der Waals surface area contributed by atoms with E-state index >= 15 is 0 Å². The molecule has 0 aliphatic heterocycles. The van der Waals surface area contributed by atoms with E-state index in [2.05, 4.69) is 9.47 Å². The molecule has 0 aromatic carbocycles. The Kier molecular flexibility index (Phi) is 8.37. The Bertz CT molecular complexity index is 182. The number of esters is 2. The van der Waals surface area contributed by atoms with Crippen LogP contribution in [0.1, 0.15) is 6.42 Å². The number of hydrogen-bond donors (Lipinski definition) is 1. The first kappa shape index (κ1) is 15.6. The molecule has 0 radical (unpaired) electrons. The molecule has 5 nitrogen and oxygen atoms in total. The summed E-state index contributed by atoms with van der Waals surface area (Å²) in [6, 6.07) is -1.14. The second-order valence-electron chi connectivity index (χ2n) is 2.36. The summed E-state index contributed by atoms with van der Waals surface area (Å²) in [5.74, 6) is -1.80. The Morgan fingerprint density at radius 2 is 1.71 bits per heavy atom. The van der Waals surface area contributed by atoms with Gasteiger partial charge in [0, 0.05) is 6.42 Å². The van der Waals surface area contributed by atoms with E-state index in [0.29, 0.717) is 0 Å². The second-order valence-corrected chi connectivity index (χ2v) is 2.36. The molecule has 2 N–H and O–H groups in total. The van der Waals surface area contributed by atoms with Gasteiger partial charge in [-0.2, -0.15) is 0 Å². The van der Waals surface area contributed by atoms with Gasteiger partial charge in [-0.3, -0.25) is 4.79 Å². The lowest BCUT2D eigenvalue weighted by atomic mass is 10.1. The van der Waals surface area contributed by atoms with E-state index in [4.69, 9.17) is 5.73 Å². The van der Waals surface area contributed by atoms with Gasteiger partial charge in [0.25, 0.3) is 0 Å². The van der Waals surface area contributed by atoms with Crippen molar-refractivity contribution in [1.82, 2.24) is 0 Å². The molecule has 0 aromatic rings. The minimum absolute atomic E-state index is 0. The first-order valence-corrected chi connectivity index (χ1v) is 3.58. The first-order chi connectivity index (χ1) is 6.02. The summed E-state index contributed by atoms with van der Waals surface area (Å²) in [6.45, 7) is 0. The number of rotatable bonds is 4. The largest absolute Gasteiger partial charge is 0.468 e. The third-order valence-electron chi connectivity index (χ3n) is 1.42.